The maximum atomic E-state index is 12.0. The molecule has 0 spiro atoms. The van der Waals surface area contributed by atoms with Crippen LogP contribution in [-0.4, -0.2) is 22.6 Å². The summed E-state index contributed by atoms with van der Waals surface area (Å²) in [6.07, 6.45) is 0.624. The van der Waals surface area contributed by atoms with Gasteiger partial charge >= 0.3 is 0 Å². The third-order valence-corrected chi connectivity index (χ3v) is 3.79. The van der Waals surface area contributed by atoms with E-state index in [4.69, 9.17) is 23.2 Å². The minimum absolute atomic E-state index is 0.243. The van der Waals surface area contributed by atoms with Crippen LogP contribution in [0.1, 0.15) is 41.5 Å². The summed E-state index contributed by atoms with van der Waals surface area (Å²) in [7, 11) is 0. The van der Waals surface area contributed by atoms with Crippen LogP contribution in [0.4, 0.5) is 0 Å². The molecule has 0 fully saturated rings. The SMILES string of the molecule is CC(C)c1ccc(C(=O)NCCc2ccc(Cl)cc2Cl)nn1. The Hall–Kier alpha value is -1.65. The molecule has 22 heavy (non-hydrogen) atoms. The number of hydrogen-bond donors (Lipinski definition) is 1. The molecule has 2 rings (SSSR count). The van der Waals surface area contributed by atoms with Crippen LogP contribution in [0.25, 0.3) is 0 Å². The zero-order chi connectivity index (χ0) is 16.1. The van der Waals surface area contributed by atoms with Gasteiger partial charge in [-0.3, -0.25) is 4.79 Å². The summed E-state index contributed by atoms with van der Waals surface area (Å²) in [6.45, 7) is 4.52. The quantitative estimate of drug-likeness (QED) is 0.900. The average molecular weight is 338 g/mol. The first-order valence-electron chi connectivity index (χ1n) is 7.03. The Bertz CT molecular complexity index is 657. The van der Waals surface area contributed by atoms with E-state index in [2.05, 4.69) is 15.5 Å². The van der Waals surface area contributed by atoms with Crippen LogP contribution in [0.2, 0.25) is 10.0 Å². The van der Waals surface area contributed by atoms with Crippen molar-refractivity contribution in [2.75, 3.05) is 6.54 Å². The third-order valence-electron chi connectivity index (χ3n) is 3.20. The first-order valence-corrected chi connectivity index (χ1v) is 7.78. The Labute approximate surface area is 139 Å². The van der Waals surface area contributed by atoms with Gasteiger partial charge in [0, 0.05) is 16.6 Å². The number of carbonyl (C=O) groups is 1. The van der Waals surface area contributed by atoms with Gasteiger partial charge in [0.1, 0.15) is 0 Å². The first-order chi connectivity index (χ1) is 10.5. The lowest BCUT2D eigenvalue weighted by atomic mass is 10.1. The number of halogens is 2. The predicted octanol–water partition coefficient (Wildman–Crippen LogP) is 3.88. The van der Waals surface area contributed by atoms with Crippen LogP contribution in [-0.2, 0) is 6.42 Å². The zero-order valence-corrected chi connectivity index (χ0v) is 13.9. The molecular formula is C16H17Cl2N3O. The van der Waals surface area contributed by atoms with E-state index in [1.807, 2.05) is 26.0 Å². The van der Waals surface area contributed by atoms with Gasteiger partial charge in [-0.2, -0.15) is 5.10 Å². The zero-order valence-electron chi connectivity index (χ0n) is 12.4. The summed E-state index contributed by atoms with van der Waals surface area (Å²) >= 11 is 11.9. The fourth-order valence-corrected chi connectivity index (χ4v) is 2.40. The van der Waals surface area contributed by atoms with Gasteiger partial charge in [0.15, 0.2) is 5.69 Å². The highest BCUT2D eigenvalue weighted by Crippen LogP contribution is 2.21. The molecule has 1 heterocycles. The minimum Gasteiger partial charge on any atom is -0.350 e. The van der Waals surface area contributed by atoms with Crippen LogP contribution >= 0.6 is 23.2 Å². The lowest BCUT2D eigenvalue weighted by molar-refractivity contribution is 0.0948. The fourth-order valence-electron chi connectivity index (χ4n) is 1.90. The van der Waals surface area contributed by atoms with E-state index < -0.39 is 0 Å². The Morgan fingerprint density at radius 1 is 1.18 bits per heavy atom. The van der Waals surface area contributed by atoms with E-state index in [0.717, 1.165) is 11.3 Å². The van der Waals surface area contributed by atoms with Gasteiger partial charge in [0.2, 0.25) is 0 Å². The lowest BCUT2D eigenvalue weighted by Gasteiger charge is -2.07. The molecule has 1 aromatic carbocycles. The van der Waals surface area contributed by atoms with Crippen LogP contribution < -0.4 is 5.32 Å². The monoisotopic (exact) mass is 337 g/mol. The number of carbonyl (C=O) groups excluding carboxylic acids is 1. The van der Waals surface area contributed by atoms with E-state index in [1.165, 1.54) is 0 Å². The molecule has 0 saturated carbocycles. The van der Waals surface area contributed by atoms with Crippen molar-refractivity contribution in [1.29, 1.82) is 0 Å². The van der Waals surface area contributed by atoms with Crippen molar-refractivity contribution in [1.82, 2.24) is 15.5 Å². The van der Waals surface area contributed by atoms with Crippen molar-refractivity contribution in [3.8, 4) is 0 Å². The molecule has 2 aromatic rings. The molecule has 0 bridgehead atoms. The second kappa shape index (κ2) is 7.56. The van der Waals surface area contributed by atoms with Gasteiger partial charge < -0.3 is 5.32 Å². The van der Waals surface area contributed by atoms with Crippen molar-refractivity contribution in [2.45, 2.75) is 26.2 Å². The van der Waals surface area contributed by atoms with Gasteiger partial charge in [-0.25, -0.2) is 0 Å². The van der Waals surface area contributed by atoms with Crippen LogP contribution in [0.3, 0.4) is 0 Å². The molecule has 0 aliphatic heterocycles. The van der Waals surface area contributed by atoms with E-state index in [-0.39, 0.29) is 11.8 Å². The molecular weight excluding hydrogens is 321 g/mol. The van der Waals surface area contributed by atoms with E-state index in [9.17, 15) is 4.79 Å². The summed E-state index contributed by atoms with van der Waals surface area (Å²) in [5.41, 5.74) is 2.11. The van der Waals surface area contributed by atoms with Gasteiger partial charge in [0.25, 0.3) is 5.91 Å². The second-order valence-electron chi connectivity index (χ2n) is 5.24. The number of nitrogens with one attached hydrogen (secondary N) is 1. The standard InChI is InChI=1S/C16H17Cl2N3O/c1-10(2)14-5-6-15(21-20-14)16(22)19-8-7-11-3-4-12(17)9-13(11)18/h3-6,9-10H,7-8H2,1-2H3,(H,19,22). The highest BCUT2D eigenvalue weighted by molar-refractivity contribution is 6.35. The Balaban J connectivity index is 1.89. The van der Waals surface area contributed by atoms with E-state index >= 15 is 0 Å². The number of benzene rings is 1. The molecule has 4 nitrogen and oxygen atoms in total. The number of nitrogens with zero attached hydrogens (tertiary/aromatic N) is 2. The van der Waals surface area contributed by atoms with Crippen LogP contribution in [0.5, 0.6) is 0 Å². The predicted molar refractivity (Wildman–Crippen MR) is 88.6 cm³/mol. The number of aromatic nitrogens is 2. The van der Waals surface area contributed by atoms with Crippen molar-refractivity contribution in [3.63, 3.8) is 0 Å². The number of rotatable bonds is 5. The first kappa shape index (κ1) is 16.7. The molecule has 0 radical (unpaired) electrons. The molecule has 1 aromatic heterocycles. The number of amides is 1. The Morgan fingerprint density at radius 2 is 1.95 bits per heavy atom. The summed E-state index contributed by atoms with van der Waals surface area (Å²) in [5.74, 6) is 0.0459. The topological polar surface area (TPSA) is 54.9 Å². The highest BCUT2D eigenvalue weighted by Gasteiger charge is 2.09. The van der Waals surface area contributed by atoms with Crippen molar-refractivity contribution < 1.29 is 4.79 Å². The Kier molecular flexibility index (Phi) is 5.75. The van der Waals surface area contributed by atoms with Crippen molar-refractivity contribution in [2.24, 2.45) is 0 Å². The van der Waals surface area contributed by atoms with Gasteiger partial charge in [-0.1, -0.05) is 43.1 Å². The second-order valence-corrected chi connectivity index (χ2v) is 6.08. The van der Waals surface area contributed by atoms with E-state index in [1.54, 1.807) is 18.2 Å². The largest absolute Gasteiger partial charge is 0.350 e. The summed E-state index contributed by atoms with van der Waals surface area (Å²) < 4.78 is 0. The molecule has 0 unspecified atom stereocenters. The molecule has 1 amide bonds. The smallest absolute Gasteiger partial charge is 0.271 e. The van der Waals surface area contributed by atoms with Gasteiger partial charge in [-0.05, 0) is 42.2 Å². The number of hydrogen-bond acceptors (Lipinski definition) is 3. The van der Waals surface area contributed by atoms with Crippen LogP contribution in [0.15, 0.2) is 30.3 Å². The normalized spacial score (nSPS) is 10.8. The molecule has 0 atom stereocenters. The molecule has 116 valence electrons. The molecule has 0 aliphatic rings. The lowest BCUT2D eigenvalue weighted by Crippen LogP contribution is -2.27. The minimum atomic E-state index is -0.243. The molecule has 0 saturated heterocycles. The summed E-state index contributed by atoms with van der Waals surface area (Å²) in [5, 5.41) is 12.0. The molecule has 1 N–H and O–H groups in total. The maximum absolute atomic E-state index is 12.0. The fraction of sp³-hybridized carbons (Fsp3) is 0.312. The average Bonchev–Trinajstić information content (AvgIpc) is 2.49. The summed E-state index contributed by atoms with van der Waals surface area (Å²) in [4.78, 5) is 12.0. The highest BCUT2D eigenvalue weighted by atomic mass is 35.5. The van der Waals surface area contributed by atoms with Gasteiger partial charge in [0.05, 0.1) is 5.69 Å². The van der Waals surface area contributed by atoms with Gasteiger partial charge in [-0.15, -0.1) is 5.10 Å². The van der Waals surface area contributed by atoms with Crippen molar-refractivity contribution >= 4 is 29.1 Å². The summed E-state index contributed by atoms with van der Waals surface area (Å²) in [6, 6.07) is 8.83. The third kappa shape index (κ3) is 4.42. The van der Waals surface area contributed by atoms with E-state index in [0.29, 0.717) is 28.7 Å². The van der Waals surface area contributed by atoms with Crippen molar-refractivity contribution in [3.05, 3.63) is 57.3 Å². The Morgan fingerprint density at radius 3 is 2.55 bits per heavy atom. The molecule has 0 aliphatic carbocycles. The molecule has 6 heteroatoms. The van der Waals surface area contributed by atoms with Crippen LogP contribution in [0, 0.1) is 0 Å². The maximum Gasteiger partial charge on any atom is 0.271 e.